The summed E-state index contributed by atoms with van der Waals surface area (Å²) >= 11 is 0. The van der Waals surface area contributed by atoms with Crippen molar-refractivity contribution in [2.24, 2.45) is 0 Å². The molecule has 4 nitrogen and oxygen atoms in total. The molecule has 4 heteroatoms. The minimum Gasteiger partial charge on any atom is -0.489 e. The van der Waals surface area contributed by atoms with Crippen LogP contribution in [0.5, 0.6) is 5.75 Å². The van der Waals surface area contributed by atoms with E-state index >= 15 is 0 Å². The lowest BCUT2D eigenvalue weighted by Gasteiger charge is -2.24. The molecule has 1 fully saturated rings. The van der Waals surface area contributed by atoms with Crippen LogP contribution >= 0.6 is 0 Å². The third-order valence-electron chi connectivity index (χ3n) is 3.06. The van der Waals surface area contributed by atoms with E-state index in [0.29, 0.717) is 11.3 Å². The average molecular weight is 261 g/mol. The van der Waals surface area contributed by atoms with Gasteiger partial charge in [0.25, 0.3) is 5.91 Å². The van der Waals surface area contributed by atoms with Crippen molar-refractivity contribution >= 4 is 5.91 Å². The Morgan fingerprint density at radius 3 is 2.68 bits per heavy atom. The zero-order valence-electron chi connectivity index (χ0n) is 11.6. The highest BCUT2D eigenvalue weighted by atomic mass is 16.5. The summed E-state index contributed by atoms with van der Waals surface area (Å²) in [7, 11) is 0. The second-order valence-electron chi connectivity index (χ2n) is 5.11. The summed E-state index contributed by atoms with van der Waals surface area (Å²) in [6, 6.07) is 7.54. The number of nitrogens with zero attached hydrogens (tertiary/aromatic N) is 1. The minimum absolute atomic E-state index is 0.0777. The molecule has 1 aliphatic heterocycles. The van der Waals surface area contributed by atoms with Crippen LogP contribution in [0.25, 0.3) is 0 Å². The summed E-state index contributed by atoms with van der Waals surface area (Å²) in [6.45, 7) is 5.60. The van der Waals surface area contributed by atoms with Gasteiger partial charge in [-0.2, -0.15) is 0 Å². The lowest BCUT2D eigenvalue weighted by atomic mass is 10.1. The number of nitrogens with one attached hydrogen (secondary N) is 1. The van der Waals surface area contributed by atoms with Crippen molar-refractivity contribution in [2.45, 2.75) is 38.8 Å². The van der Waals surface area contributed by atoms with E-state index in [0.717, 1.165) is 25.9 Å². The van der Waals surface area contributed by atoms with Gasteiger partial charge in [-0.15, -0.1) is 0 Å². The van der Waals surface area contributed by atoms with Gasteiger partial charge in [-0.1, -0.05) is 12.1 Å². The van der Waals surface area contributed by atoms with E-state index in [-0.39, 0.29) is 18.1 Å². The number of para-hydroxylation sites is 1. The third-order valence-corrected chi connectivity index (χ3v) is 3.06. The lowest BCUT2D eigenvalue weighted by molar-refractivity contribution is 0.0932. The summed E-state index contributed by atoms with van der Waals surface area (Å²) in [5, 5.41) is 7.21. The summed E-state index contributed by atoms with van der Waals surface area (Å²) in [5.74, 6) is 0.596. The van der Waals surface area contributed by atoms with Crippen LogP contribution in [0.1, 0.15) is 37.0 Å². The fourth-order valence-electron chi connectivity index (χ4n) is 2.12. The number of piperidine rings is 1. The van der Waals surface area contributed by atoms with E-state index in [9.17, 15) is 4.79 Å². The van der Waals surface area contributed by atoms with Crippen molar-refractivity contribution in [3.8, 4) is 5.75 Å². The largest absolute Gasteiger partial charge is 0.489 e. The van der Waals surface area contributed by atoms with Crippen molar-refractivity contribution in [1.29, 1.82) is 0 Å². The van der Waals surface area contributed by atoms with E-state index in [1.807, 2.05) is 32.0 Å². The minimum atomic E-state index is -0.0777. The number of amides is 1. The van der Waals surface area contributed by atoms with E-state index < -0.39 is 0 Å². The molecule has 1 saturated heterocycles. The Balaban J connectivity index is 2.09. The molecule has 0 aliphatic carbocycles. The quantitative estimate of drug-likeness (QED) is 0.901. The van der Waals surface area contributed by atoms with Crippen molar-refractivity contribution in [3.05, 3.63) is 29.8 Å². The molecule has 0 bridgehead atoms. The van der Waals surface area contributed by atoms with Gasteiger partial charge >= 0.3 is 0 Å². The maximum atomic E-state index is 12.1. The van der Waals surface area contributed by atoms with E-state index in [2.05, 4.69) is 10.6 Å². The smallest absolute Gasteiger partial charge is 0.255 e. The first-order valence-electron chi connectivity index (χ1n) is 6.86. The normalized spacial score (nSPS) is 16.4. The number of benzene rings is 1. The van der Waals surface area contributed by atoms with Crippen LogP contribution in [-0.2, 0) is 0 Å². The fraction of sp³-hybridized carbons (Fsp3) is 0.533. The van der Waals surface area contributed by atoms with Gasteiger partial charge in [0.05, 0.1) is 5.56 Å². The molecule has 0 atom stereocenters. The number of carbonyl (C=O) groups excluding carboxylic acids is 1. The van der Waals surface area contributed by atoms with Gasteiger partial charge in [0.15, 0.2) is 0 Å². The summed E-state index contributed by atoms with van der Waals surface area (Å²) < 4.78 is 5.97. The van der Waals surface area contributed by atoms with Crippen LogP contribution in [0.3, 0.4) is 0 Å². The fourth-order valence-corrected chi connectivity index (χ4v) is 2.12. The molecule has 1 aromatic rings. The first-order chi connectivity index (χ1) is 9.16. The highest BCUT2D eigenvalue weighted by molar-refractivity contribution is 5.97. The van der Waals surface area contributed by atoms with Crippen molar-refractivity contribution in [3.63, 3.8) is 0 Å². The highest BCUT2D eigenvalue weighted by Crippen LogP contribution is 2.22. The predicted molar refractivity (Wildman–Crippen MR) is 74.6 cm³/mol. The van der Waals surface area contributed by atoms with Gasteiger partial charge in [0.2, 0.25) is 0 Å². The second kappa shape index (κ2) is 6.57. The summed E-state index contributed by atoms with van der Waals surface area (Å²) in [6.07, 6.45) is 2.03. The van der Waals surface area contributed by atoms with Crippen LogP contribution in [0, 0.1) is 0 Å². The Hall–Kier alpha value is -1.55. The predicted octanol–water partition coefficient (Wildman–Crippen LogP) is 1.97. The van der Waals surface area contributed by atoms with Gasteiger partial charge in [-0.3, -0.25) is 4.79 Å². The topological polar surface area (TPSA) is 52.4 Å². The van der Waals surface area contributed by atoms with Crippen LogP contribution in [0.4, 0.5) is 0 Å². The standard InChI is InChI=1S/C15H21N2O2/c1-11(2)17-15(18)13-5-3-4-6-14(13)19-12-7-9-16-10-8-12/h3-6,11-12H,7-10H2,1-2H3,(H,17,18). The first kappa shape index (κ1) is 13.9. The Labute approximate surface area is 114 Å². The number of hydrogen-bond acceptors (Lipinski definition) is 2. The Morgan fingerprint density at radius 1 is 1.32 bits per heavy atom. The van der Waals surface area contributed by atoms with Gasteiger partial charge in [0, 0.05) is 19.1 Å². The van der Waals surface area contributed by atoms with E-state index in [4.69, 9.17) is 4.74 Å². The maximum Gasteiger partial charge on any atom is 0.255 e. The monoisotopic (exact) mass is 261 g/mol. The highest BCUT2D eigenvalue weighted by Gasteiger charge is 2.19. The van der Waals surface area contributed by atoms with Crippen LogP contribution in [0.15, 0.2) is 24.3 Å². The van der Waals surface area contributed by atoms with E-state index in [1.165, 1.54) is 0 Å². The molecule has 1 N–H and O–H groups in total. The molecule has 0 saturated carbocycles. The Kier molecular flexibility index (Phi) is 4.80. The van der Waals surface area contributed by atoms with Crippen LogP contribution in [0.2, 0.25) is 0 Å². The average Bonchev–Trinajstić information content (AvgIpc) is 2.39. The van der Waals surface area contributed by atoms with Crippen molar-refractivity contribution < 1.29 is 9.53 Å². The van der Waals surface area contributed by atoms with Crippen molar-refractivity contribution in [1.82, 2.24) is 10.6 Å². The number of rotatable bonds is 4. The van der Waals surface area contributed by atoms with Gasteiger partial charge in [0.1, 0.15) is 11.9 Å². The molecule has 0 unspecified atom stereocenters. The molecular formula is C15H21N2O2. The Morgan fingerprint density at radius 2 is 2.00 bits per heavy atom. The number of carbonyl (C=O) groups is 1. The summed E-state index contributed by atoms with van der Waals surface area (Å²) in [4.78, 5) is 12.1. The molecule has 103 valence electrons. The SMILES string of the molecule is CC(C)NC(=O)c1ccccc1OC1CC[N]CC1. The van der Waals surface area contributed by atoms with E-state index in [1.54, 1.807) is 6.07 Å². The zero-order chi connectivity index (χ0) is 13.7. The maximum absolute atomic E-state index is 12.1. The molecule has 0 aromatic heterocycles. The zero-order valence-corrected chi connectivity index (χ0v) is 11.6. The number of hydrogen-bond donors (Lipinski definition) is 1. The number of ether oxygens (including phenoxy) is 1. The lowest BCUT2D eigenvalue weighted by Crippen LogP contribution is -2.33. The first-order valence-corrected chi connectivity index (χ1v) is 6.86. The third kappa shape index (κ3) is 3.96. The molecule has 2 rings (SSSR count). The van der Waals surface area contributed by atoms with Gasteiger partial charge in [-0.25, -0.2) is 5.32 Å². The molecule has 1 radical (unpaired) electrons. The van der Waals surface area contributed by atoms with Gasteiger partial charge < -0.3 is 10.1 Å². The molecule has 1 aliphatic rings. The second-order valence-corrected chi connectivity index (χ2v) is 5.11. The Bertz CT molecular complexity index is 426. The van der Waals surface area contributed by atoms with Gasteiger partial charge in [-0.05, 0) is 38.8 Å². The molecular weight excluding hydrogens is 240 g/mol. The van der Waals surface area contributed by atoms with Crippen LogP contribution < -0.4 is 15.4 Å². The molecule has 19 heavy (non-hydrogen) atoms. The summed E-state index contributed by atoms with van der Waals surface area (Å²) in [5.41, 5.74) is 0.610. The molecule has 1 amide bonds. The molecule has 1 heterocycles. The molecule has 0 spiro atoms. The molecule has 1 aromatic carbocycles. The van der Waals surface area contributed by atoms with Crippen molar-refractivity contribution in [2.75, 3.05) is 13.1 Å². The van der Waals surface area contributed by atoms with Crippen LogP contribution in [-0.4, -0.2) is 31.1 Å².